The first kappa shape index (κ1) is 13.6. The van der Waals surface area contributed by atoms with Crippen molar-refractivity contribution in [1.29, 1.82) is 0 Å². The number of nitrogens with zero attached hydrogens (tertiary/aromatic N) is 1. The SMILES string of the molecule is Cn1cc(C(C)(C)CNC(=O)CN)c2ccccc21. The highest BCUT2D eigenvalue weighted by atomic mass is 16.1. The summed E-state index contributed by atoms with van der Waals surface area (Å²) in [5.74, 6) is -0.117. The Bertz CT molecular complexity index is 598. The predicted octanol–water partition coefficient (Wildman–Crippen LogP) is 1.53. The van der Waals surface area contributed by atoms with Crippen LogP contribution < -0.4 is 11.1 Å². The quantitative estimate of drug-likeness (QED) is 0.874. The van der Waals surface area contributed by atoms with Crippen LogP contribution >= 0.6 is 0 Å². The summed E-state index contributed by atoms with van der Waals surface area (Å²) in [6, 6.07) is 8.31. The van der Waals surface area contributed by atoms with Crippen LogP contribution in [0.2, 0.25) is 0 Å². The number of rotatable bonds is 4. The Labute approximate surface area is 113 Å². The number of para-hydroxylation sites is 1. The Kier molecular flexibility index (Phi) is 3.62. The highest BCUT2D eigenvalue weighted by molar-refractivity contribution is 5.85. The van der Waals surface area contributed by atoms with Crippen molar-refractivity contribution in [1.82, 2.24) is 9.88 Å². The van der Waals surface area contributed by atoms with Gasteiger partial charge in [-0.3, -0.25) is 4.79 Å². The fourth-order valence-electron chi connectivity index (χ4n) is 2.37. The summed E-state index contributed by atoms with van der Waals surface area (Å²) >= 11 is 0. The molecule has 0 spiro atoms. The summed E-state index contributed by atoms with van der Waals surface area (Å²) in [6.07, 6.45) is 2.14. The van der Waals surface area contributed by atoms with Gasteiger partial charge in [-0.1, -0.05) is 32.0 Å². The molecule has 4 heteroatoms. The van der Waals surface area contributed by atoms with Crippen molar-refractivity contribution in [2.24, 2.45) is 12.8 Å². The molecule has 19 heavy (non-hydrogen) atoms. The first-order valence-corrected chi connectivity index (χ1v) is 6.47. The van der Waals surface area contributed by atoms with Crippen molar-refractivity contribution >= 4 is 16.8 Å². The zero-order valence-corrected chi connectivity index (χ0v) is 11.7. The standard InChI is InChI=1S/C15H21N3O/c1-15(2,10-17-14(19)8-16)12-9-18(3)13-7-5-4-6-11(12)13/h4-7,9H,8,10,16H2,1-3H3,(H,17,19). The van der Waals surface area contributed by atoms with Crippen molar-refractivity contribution in [2.75, 3.05) is 13.1 Å². The smallest absolute Gasteiger partial charge is 0.233 e. The summed E-state index contributed by atoms with van der Waals surface area (Å²) < 4.78 is 2.12. The van der Waals surface area contributed by atoms with Crippen LogP contribution in [0.1, 0.15) is 19.4 Å². The number of carbonyl (C=O) groups excluding carboxylic acids is 1. The van der Waals surface area contributed by atoms with E-state index in [1.807, 2.05) is 19.2 Å². The number of carbonyl (C=O) groups is 1. The molecule has 0 aliphatic heterocycles. The van der Waals surface area contributed by atoms with E-state index in [-0.39, 0.29) is 17.9 Å². The molecule has 0 unspecified atom stereocenters. The van der Waals surface area contributed by atoms with Gasteiger partial charge in [0, 0.05) is 36.1 Å². The van der Waals surface area contributed by atoms with Crippen LogP contribution in [0.4, 0.5) is 0 Å². The molecule has 1 amide bonds. The number of nitrogens with two attached hydrogens (primary N) is 1. The summed E-state index contributed by atoms with van der Waals surface area (Å²) in [4.78, 5) is 11.3. The van der Waals surface area contributed by atoms with E-state index in [2.05, 4.69) is 42.1 Å². The molecule has 0 radical (unpaired) electrons. The molecule has 1 aromatic heterocycles. The van der Waals surface area contributed by atoms with Crippen LogP contribution in [-0.2, 0) is 17.3 Å². The number of aromatic nitrogens is 1. The van der Waals surface area contributed by atoms with Crippen molar-refractivity contribution < 1.29 is 4.79 Å². The number of hydrogen-bond acceptors (Lipinski definition) is 2. The van der Waals surface area contributed by atoms with Gasteiger partial charge in [0.2, 0.25) is 5.91 Å². The molecule has 2 aromatic rings. The Hall–Kier alpha value is -1.81. The monoisotopic (exact) mass is 259 g/mol. The third kappa shape index (κ3) is 2.63. The molecule has 0 aliphatic rings. The number of nitrogens with one attached hydrogen (secondary N) is 1. The summed E-state index contributed by atoms with van der Waals surface area (Å²) in [7, 11) is 2.04. The molecule has 2 rings (SSSR count). The molecule has 0 atom stereocenters. The van der Waals surface area contributed by atoms with Crippen LogP contribution in [0, 0.1) is 0 Å². The highest BCUT2D eigenvalue weighted by Crippen LogP contribution is 2.31. The van der Waals surface area contributed by atoms with Crippen LogP contribution in [0.5, 0.6) is 0 Å². The van der Waals surface area contributed by atoms with Crippen molar-refractivity contribution in [3.05, 3.63) is 36.0 Å². The molecule has 0 aliphatic carbocycles. The minimum Gasteiger partial charge on any atom is -0.354 e. The number of amides is 1. The van der Waals surface area contributed by atoms with Gasteiger partial charge in [0.25, 0.3) is 0 Å². The van der Waals surface area contributed by atoms with Gasteiger partial charge in [0.05, 0.1) is 6.54 Å². The normalized spacial score (nSPS) is 11.8. The van der Waals surface area contributed by atoms with Crippen molar-refractivity contribution in [3.63, 3.8) is 0 Å². The van der Waals surface area contributed by atoms with Gasteiger partial charge in [0.1, 0.15) is 0 Å². The molecule has 1 heterocycles. The number of benzene rings is 1. The topological polar surface area (TPSA) is 60.0 Å². The molecule has 0 bridgehead atoms. The first-order valence-electron chi connectivity index (χ1n) is 6.47. The van der Waals surface area contributed by atoms with Gasteiger partial charge < -0.3 is 15.6 Å². The van der Waals surface area contributed by atoms with E-state index in [4.69, 9.17) is 5.73 Å². The lowest BCUT2D eigenvalue weighted by molar-refractivity contribution is -0.119. The van der Waals surface area contributed by atoms with Gasteiger partial charge >= 0.3 is 0 Å². The molecule has 0 fully saturated rings. The summed E-state index contributed by atoms with van der Waals surface area (Å²) in [6.45, 7) is 4.87. The zero-order valence-electron chi connectivity index (χ0n) is 11.7. The minimum atomic E-state index is -0.133. The van der Waals surface area contributed by atoms with Gasteiger partial charge in [-0.15, -0.1) is 0 Å². The lowest BCUT2D eigenvalue weighted by Gasteiger charge is -2.24. The van der Waals surface area contributed by atoms with Crippen LogP contribution in [0.3, 0.4) is 0 Å². The zero-order chi connectivity index (χ0) is 14.0. The number of fused-ring (bicyclic) bond motifs is 1. The second kappa shape index (κ2) is 5.05. The van der Waals surface area contributed by atoms with Crippen molar-refractivity contribution in [3.8, 4) is 0 Å². The fraction of sp³-hybridized carbons (Fsp3) is 0.400. The van der Waals surface area contributed by atoms with Gasteiger partial charge in [0.15, 0.2) is 0 Å². The minimum absolute atomic E-state index is 0.0334. The van der Waals surface area contributed by atoms with E-state index in [1.54, 1.807) is 0 Å². The Morgan fingerprint density at radius 1 is 1.37 bits per heavy atom. The Balaban J connectivity index is 2.34. The molecule has 3 N–H and O–H groups in total. The Morgan fingerprint density at radius 2 is 2.05 bits per heavy atom. The maximum absolute atomic E-state index is 11.3. The average molecular weight is 259 g/mol. The summed E-state index contributed by atoms with van der Waals surface area (Å²) in [5, 5.41) is 4.11. The summed E-state index contributed by atoms with van der Waals surface area (Å²) in [5.41, 5.74) is 7.63. The van der Waals surface area contributed by atoms with E-state index >= 15 is 0 Å². The molecule has 0 saturated heterocycles. The Morgan fingerprint density at radius 3 is 2.74 bits per heavy atom. The third-order valence-corrected chi connectivity index (χ3v) is 3.54. The lowest BCUT2D eigenvalue weighted by atomic mass is 9.84. The second-order valence-corrected chi connectivity index (χ2v) is 5.54. The van der Waals surface area contributed by atoms with E-state index in [0.717, 1.165) is 0 Å². The molecule has 4 nitrogen and oxygen atoms in total. The fourth-order valence-corrected chi connectivity index (χ4v) is 2.37. The predicted molar refractivity (Wildman–Crippen MR) is 78.0 cm³/mol. The lowest BCUT2D eigenvalue weighted by Crippen LogP contribution is -2.39. The van der Waals surface area contributed by atoms with E-state index < -0.39 is 0 Å². The molecule has 1 aromatic carbocycles. The van der Waals surface area contributed by atoms with Crippen LogP contribution in [0.25, 0.3) is 10.9 Å². The van der Waals surface area contributed by atoms with Gasteiger partial charge in [-0.05, 0) is 11.6 Å². The van der Waals surface area contributed by atoms with Crippen LogP contribution in [0.15, 0.2) is 30.5 Å². The van der Waals surface area contributed by atoms with Gasteiger partial charge in [-0.25, -0.2) is 0 Å². The maximum Gasteiger partial charge on any atom is 0.233 e. The molecular weight excluding hydrogens is 238 g/mol. The average Bonchev–Trinajstić information content (AvgIpc) is 2.75. The van der Waals surface area contributed by atoms with E-state index in [9.17, 15) is 4.79 Å². The molecule has 102 valence electrons. The number of aryl methyl sites for hydroxylation is 1. The first-order chi connectivity index (χ1) is 8.95. The second-order valence-electron chi connectivity index (χ2n) is 5.54. The van der Waals surface area contributed by atoms with Crippen molar-refractivity contribution in [2.45, 2.75) is 19.3 Å². The molecule has 0 saturated carbocycles. The highest BCUT2D eigenvalue weighted by Gasteiger charge is 2.25. The molecular formula is C15H21N3O. The maximum atomic E-state index is 11.3. The van der Waals surface area contributed by atoms with E-state index in [1.165, 1.54) is 16.5 Å². The largest absolute Gasteiger partial charge is 0.354 e. The third-order valence-electron chi connectivity index (χ3n) is 3.54. The van der Waals surface area contributed by atoms with Crippen LogP contribution in [-0.4, -0.2) is 23.6 Å². The van der Waals surface area contributed by atoms with E-state index in [0.29, 0.717) is 6.54 Å². The number of hydrogen-bond donors (Lipinski definition) is 2. The van der Waals surface area contributed by atoms with Gasteiger partial charge in [-0.2, -0.15) is 0 Å².